The van der Waals surface area contributed by atoms with Crippen molar-refractivity contribution in [3.05, 3.63) is 62.6 Å². The number of ether oxygens (including phenoxy) is 1. The summed E-state index contributed by atoms with van der Waals surface area (Å²) >= 11 is 3.90. The van der Waals surface area contributed by atoms with Crippen LogP contribution in [0.4, 0.5) is 5.00 Å². The number of thioether (sulfide) groups is 1. The molecule has 1 aromatic carbocycles. The van der Waals surface area contributed by atoms with Gasteiger partial charge in [-0.15, -0.1) is 22.7 Å². The van der Waals surface area contributed by atoms with Crippen LogP contribution in [0.25, 0.3) is 21.3 Å². The second-order valence-electron chi connectivity index (χ2n) is 7.06. The number of nitrogens with zero attached hydrogens (tertiary/aromatic N) is 2. The quantitative estimate of drug-likeness (QED) is 0.220. The molecule has 0 radical (unpaired) electrons. The maximum Gasteiger partial charge on any atom is 0.341 e. The molecule has 0 aliphatic rings. The molecule has 0 unspecified atom stereocenters. The van der Waals surface area contributed by atoms with E-state index in [1.807, 2.05) is 42.6 Å². The summed E-state index contributed by atoms with van der Waals surface area (Å²) in [4.78, 5) is 44.1. The summed E-state index contributed by atoms with van der Waals surface area (Å²) in [5, 5.41) is 6.16. The molecule has 0 fully saturated rings. The number of aromatic nitrogens is 2. The molecule has 1 N–H and O–H groups in total. The van der Waals surface area contributed by atoms with Gasteiger partial charge in [0.25, 0.3) is 5.56 Å². The lowest BCUT2D eigenvalue weighted by Crippen LogP contribution is -2.21. The van der Waals surface area contributed by atoms with Crippen molar-refractivity contribution < 1.29 is 14.3 Å². The molecule has 0 saturated carbocycles. The lowest BCUT2D eigenvalue weighted by molar-refractivity contribution is -0.113. The summed E-state index contributed by atoms with van der Waals surface area (Å²) in [5.74, 6) is -0.736. The van der Waals surface area contributed by atoms with Crippen LogP contribution in [-0.4, -0.2) is 33.8 Å². The minimum atomic E-state index is -0.476. The van der Waals surface area contributed by atoms with Crippen molar-refractivity contribution in [3.63, 3.8) is 0 Å². The van der Waals surface area contributed by atoms with E-state index in [0.717, 1.165) is 16.0 Å². The van der Waals surface area contributed by atoms with Gasteiger partial charge in [-0.05, 0) is 30.9 Å². The Balaban J connectivity index is 1.59. The number of fused-ring (bicyclic) bond motifs is 1. The van der Waals surface area contributed by atoms with Crippen LogP contribution in [0.3, 0.4) is 0 Å². The van der Waals surface area contributed by atoms with Gasteiger partial charge in [0.2, 0.25) is 5.91 Å². The van der Waals surface area contributed by atoms with Crippen LogP contribution in [0, 0.1) is 6.92 Å². The number of carbonyl (C=O) groups is 2. The van der Waals surface area contributed by atoms with E-state index in [0.29, 0.717) is 25.9 Å². The molecule has 0 aliphatic carbocycles. The Labute approximate surface area is 202 Å². The fourth-order valence-electron chi connectivity index (χ4n) is 3.39. The first-order chi connectivity index (χ1) is 15.9. The second-order valence-corrected chi connectivity index (χ2v) is 10.1. The van der Waals surface area contributed by atoms with E-state index in [-0.39, 0.29) is 23.8 Å². The number of hydrogen-bond acceptors (Lipinski definition) is 8. The van der Waals surface area contributed by atoms with Crippen molar-refractivity contribution in [2.45, 2.75) is 19.0 Å². The van der Waals surface area contributed by atoms with Gasteiger partial charge in [-0.1, -0.05) is 42.1 Å². The summed E-state index contributed by atoms with van der Waals surface area (Å²) in [7, 11) is 1.64. The topological polar surface area (TPSA) is 90.3 Å². The molecular weight excluding hydrogens is 478 g/mol. The Kier molecular flexibility index (Phi) is 6.96. The molecule has 0 atom stereocenters. The van der Waals surface area contributed by atoms with Crippen molar-refractivity contribution in [1.29, 1.82) is 0 Å². The van der Waals surface area contributed by atoms with E-state index in [1.54, 1.807) is 20.0 Å². The zero-order valence-electron chi connectivity index (χ0n) is 18.2. The Morgan fingerprint density at radius 3 is 2.70 bits per heavy atom. The SMILES string of the molecule is CCOC(=O)c1c(NC(=O)CSc2nc3sccc3c(=O)n2C)sc(C)c1-c1ccccc1. The van der Waals surface area contributed by atoms with Crippen molar-refractivity contribution in [1.82, 2.24) is 9.55 Å². The van der Waals surface area contributed by atoms with Crippen molar-refractivity contribution >= 4 is 61.5 Å². The third-order valence-corrected chi connectivity index (χ3v) is 7.73. The zero-order valence-corrected chi connectivity index (χ0v) is 20.7. The fourth-order valence-corrected chi connectivity index (χ4v) is 6.04. The van der Waals surface area contributed by atoms with Crippen LogP contribution in [0.5, 0.6) is 0 Å². The lowest BCUT2D eigenvalue weighted by Gasteiger charge is -2.10. The molecule has 170 valence electrons. The number of esters is 1. The number of benzene rings is 1. The summed E-state index contributed by atoms with van der Waals surface area (Å²) in [6, 6.07) is 11.3. The smallest absolute Gasteiger partial charge is 0.341 e. The predicted octanol–water partition coefficient (Wildman–Crippen LogP) is 4.94. The minimum absolute atomic E-state index is 0.0387. The maximum atomic E-state index is 12.8. The number of hydrogen-bond donors (Lipinski definition) is 1. The minimum Gasteiger partial charge on any atom is -0.462 e. The molecule has 33 heavy (non-hydrogen) atoms. The average Bonchev–Trinajstić information content (AvgIpc) is 3.40. The maximum absolute atomic E-state index is 12.8. The monoisotopic (exact) mass is 499 g/mol. The predicted molar refractivity (Wildman–Crippen MR) is 135 cm³/mol. The van der Waals surface area contributed by atoms with Crippen molar-refractivity contribution in [3.8, 4) is 11.1 Å². The highest BCUT2D eigenvalue weighted by Gasteiger charge is 2.25. The first-order valence-corrected chi connectivity index (χ1v) is 12.8. The Hall–Kier alpha value is -2.95. The normalized spacial score (nSPS) is 11.0. The van der Waals surface area contributed by atoms with Crippen LogP contribution >= 0.6 is 34.4 Å². The molecule has 4 rings (SSSR count). The average molecular weight is 500 g/mol. The standard InChI is InChI=1S/C23H21N3O4S3/c1-4-30-22(29)18-17(14-8-6-5-7-9-14)13(2)33-20(18)24-16(27)12-32-23-25-19-15(10-11-31-19)21(28)26(23)3/h5-11H,4,12H2,1-3H3,(H,24,27). The van der Waals surface area contributed by atoms with Crippen LogP contribution in [0.1, 0.15) is 22.2 Å². The molecule has 4 aromatic rings. The van der Waals surface area contributed by atoms with E-state index in [2.05, 4.69) is 10.3 Å². The van der Waals surface area contributed by atoms with Gasteiger partial charge < -0.3 is 10.1 Å². The molecule has 3 aromatic heterocycles. The summed E-state index contributed by atoms with van der Waals surface area (Å²) < 4.78 is 6.73. The zero-order chi connectivity index (χ0) is 23.5. The van der Waals surface area contributed by atoms with E-state index in [4.69, 9.17) is 4.74 Å². The van der Waals surface area contributed by atoms with Crippen LogP contribution < -0.4 is 10.9 Å². The Morgan fingerprint density at radius 1 is 1.21 bits per heavy atom. The van der Waals surface area contributed by atoms with E-state index in [1.165, 1.54) is 39.0 Å². The van der Waals surface area contributed by atoms with Gasteiger partial charge in [0.05, 0.1) is 17.7 Å². The molecule has 3 heterocycles. The molecule has 0 saturated heterocycles. The first kappa shape index (κ1) is 23.2. The van der Waals surface area contributed by atoms with Gasteiger partial charge in [-0.3, -0.25) is 14.2 Å². The molecule has 0 spiro atoms. The Morgan fingerprint density at radius 2 is 1.97 bits per heavy atom. The molecule has 1 amide bonds. The van der Waals surface area contributed by atoms with Gasteiger partial charge in [-0.2, -0.15) is 0 Å². The number of anilines is 1. The second kappa shape index (κ2) is 9.90. The molecule has 0 aliphatic heterocycles. The van der Waals surface area contributed by atoms with Crippen molar-refractivity contribution in [2.24, 2.45) is 7.05 Å². The van der Waals surface area contributed by atoms with Gasteiger partial charge in [-0.25, -0.2) is 9.78 Å². The first-order valence-electron chi connectivity index (χ1n) is 10.1. The number of thiophene rings is 2. The van der Waals surface area contributed by atoms with Crippen molar-refractivity contribution in [2.75, 3.05) is 17.7 Å². The van der Waals surface area contributed by atoms with E-state index in [9.17, 15) is 14.4 Å². The highest BCUT2D eigenvalue weighted by Crippen LogP contribution is 2.40. The van der Waals surface area contributed by atoms with Gasteiger partial charge >= 0.3 is 5.97 Å². The Bertz CT molecular complexity index is 1390. The van der Waals surface area contributed by atoms with Crippen LogP contribution in [-0.2, 0) is 16.6 Å². The third kappa shape index (κ3) is 4.73. The third-order valence-electron chi connectivity index (χ3n) is 4.88. The lowest BCUT2D eigenvalue weighted by atomic mass is 10.0. The van der Waals surface area contributed by atoms with E-state index < -0.39 is 5.97 Å². The number of nitrogens with one attached hydrogen (secondary N) is 1. The highest BCUT2D eigenvalue weighted by atomic mass is 32.2. The van der Waals surface area contributed by atoms with Crippen LogP contribution in [0.15, 0.2) is 51.7 Å². The summed E-state index contributed by atoms with van der Waals surface area (Å²) in [6.07, 6.45) is 0. The fraction of sp³-hybridized carbons (Fsp3) is 0.217. The van der Waals surface area contributed by atoms with Gasteiger partial charge in [0.15, 0.2) is 5.16 Å². The number of carbonyl (C=O) groups excluding carboxylic acids is 2. The van der Waals surface area contributed by atoms with Gasteiger partial charge in [0, 0.05) is 17.5 Å². The number of aryl methyl sites for hydroxylation is 1. The summed E-state index contributed by atoms with van der Waals surface area (Å²) in [6.45, 7) is 3.89. The largest absolute Gasteiger partial charge is 0.462 e. The summed E-state index contributed by atoms with van der Waals surface area (Å²) in [5.41, 5.74) is 1.85. The number of amides is 1. The molecular formula is C23H21N3O4S3. The molecule has 0 bridgehead atoms. The molecule has 10 heteroatoms. The van der Waals surface area contributed by atoms with Crippen LogP contribution in [0.2, 0.25) is 0 Å². The van der Waals surface area contributed by atoms with Gasteiger partial charge in [0.1, 0.15) is 15.4 Å². The van der Waals surface area contributed by atoms with E-state index >= 15 is 0 Å². The molecule has 7 nitrogen and oxygen atoms in total. The highest BCUT2D eigenvalue weighted by molar-refractivity contribution is 7.99. The number of rotatable bonds is 7.